The first kappa shape index (κ1) is 9.18. The van der Waals surface area contributed by atoms with Crippen molar-refractivity contribution in [2.75, 3.05) is 0 Å². The summed E-state index contributed by atoms with van der Waals surface area (Å²) in [6.45, 7) is 3.28. The molecule has 1 aliphatic rings. The lowest BCUT2D eigenvalue weighted by atomic mass is 10.1. The molecule has 0 aromatic carbocycles. The van der Waals surface area contributed by atoms with Crippen molar-refractivity contribution >= 4 is 6.29 Å². The van der Waals surface area contributed by atoms with Crippen LogP contribution in [0.25, 0.3) is 0 Å². The summed E-state index contributed by atoms with van der Waals surface area (Å²) in [4.78, 5) is 9.97. The molecule has 1 rings (SSSR count). The van der Waals surface area contributed by atoms with Gasteiger partial charge in [-0.1, -0.05) is 6.58 Å². The van der Waals surface area contributed by atoms with E-state index >= 15 is 0 Å². The minimum Gasteiger partial charge on any atom is -0.539 e. The van der Waals surface area contributed by atoms with Crippen LogP contribution in [-0.2, 0) is 9.53 Å². The van der Waals surface area contributed by atoms with Crippen molar-refractivity contribution in [3.63, 3.8) is 0 Å². The van der Waals surface area contributed by atoms with Crippen LogP contribution in [0.15, 0.2) is 12.3 Å². The molecule has 0 spiro atoms. The highest BCUT2D eigenvalue weighted by Gasteiger charge is 2.39. The van der Waals surface area contributed by atoms with Crippen molar-refractivity contribution in [1.29, 1.82) is 0 Å². The molecule has 1 aliphatic heterocycles. The van der Waals surface area contributed by atoms with Crippen molar-refractivity contribution in [3.05, 3.63) is 12.3 Å². The average molecular weight is 173 g/mol. The lowest BCUT2D eigenvalue weighted by Gasteiger charge is -2.22. The molecular weight excluding hydrogens is 164 g/mol. The van der Waals surface area contributed by atoms with E-state index in [4.69, 9.17) is 20.1 Å². The van der Waals surface area contributed by atoms with E-state index in [0.29, 0.717) is 0 Å². The van der Waals surface area contributed by atoms with Gasteiger partial charge >= 0.3 is 0 Å². The van der Waals surface area contributed by atoms with E-state index in [2.05, 4.69) is 6.58 Å². The van der Waals surface area contributed by atoms with Gasteiger partial charge in [-0.25, -0.2) is 6.29 Å². The number of rotatable bonds is 2. The van der Waals surface area contributed by atoms with Crippen LogP contribution in [-0.4, -0.2) is 46.0 Å². The Hall–Kier alpha value is -0.910. The molecule has 0 amide bonds. The molecule has 0 aromatic rings. The maximum absolute atomic E-state index is 9.97. The lowest BCUT2D eigenvalue weighted by Crippen LogP contribution is -2.39. The summed E-state index contributed by atoms with van der Waals surface area (Å²) >= 11 is 0. The maximum atomic E-state index is 9.97. The van der Waals surface area contributed by atoms with Gasteiger partial charge in [0.15, 0.2) is 0 Å². The molecule has 1 heterocycles. The summed E-state index contributed by atoms with van der Waals surface area (Å²) in [6, 6.07) is 0. The first-order valence-corrected chi connectivity index (χ1v) is 3.35. The fourth-order valence-corrected chi connectivity index (χ4v) is 1.00. The minimum absolute atomic E-state index is 0.0539. The van der Waals surface area contributed by atoms with Crippen LogP contribution < -0.4 is 0 Å². The summed E-state index contributed by atoms with van der Waals surface area (Å²) in [5.41, 5.74) is 0. The van der Waals surface area contributed by atoms with Crippen LogP contribution in [0.2, 0.25) is 0 Å². The number of aliphatic hydroxyl groups is 3. The quantitative estimate of drug-likeness (QED) is 0.424. The van der Waals surface area contributed by atoms with Gasteiger partial charge in [0.1, 0.15) is 24.1 Å². The highest BCUT2D eigenvalue weighted by Crippen LogP contribution is 2.24. The van der Waals surface area contributed by atoms with Crippen LogP contribution in [0.4, 0.5) is 0 Å². The molecule has 0 radical (unpaired) electrons. The average Bonchev–Trinajstić information content (AvgIpc) is 2.32. The summed E-state index contributed by atoms with van der Waals surface area (Å²) < 4.78 is 4.73. The number of hydrogen-bond donors (Lipinski definition) is 3. The first-order chi connectivity index (χ1) is 5.57. The van der Waals surface area contributed by atoms with Crippen LogP contribution in [0.1, 0.15) is 0 Å². The number of ether oxygens (including phenoxy) is 1. The van der Waals surface area contributed by atoms with Crippen molar-refractivity contribution in [2.24, 2.45) is 0 Å². The molecule has 4 atom stereocenters. The fourth-order valence-electron chi connectivity index (χ4n) is 1.00. The Labute approximate surface area is 68.9 Å². The third kappa shape index (κ3) is 1.34. The van der Waals surface area contributed by atoms with Gasteiger partial charge < -0.3 is 24.9 Å². The van der Waals surface area contributed by atoms with E-state index in [1.807, 2.05) is 0 Å². The molecule has 1 fully saturated rings. The van der Waals surface area contributed by atoms with Gasteiger partial charge in [-0.3, -0.25) is 0 Å². The van der Waals surface area contributed by atoms with Crippen LogP contribution in [0.5, 0.6) is 0 Å². The predicted molar refractivity (Wildman–Crippen MR) is 37.7 cm³/mol. The third-order valence-electron chi connectivity index (χ3n) is 1.71. The molecule has 0 saturated carbocycles. The van der Waals surface area contributed by atoms with E-state index in [0.717, 1.165) is 0 Å². The largest absolute Gasteiger partial charge is 0.539 e. The summed E-state index contributed by atoms with van der Waals surface area (Å²) in [5, 5.41) is 27.1. The van der Waals surface area contributed by atoms with Gasteiger partial charge in [0.2, 0.25) is 0 Å². The SMILES string of the molecule is C=C1OC(C(O)[C-]=O)C(O)C1O. The molecule has 68 valence electrons. The predicted octanol–water partition coefficient (Wildman–Crippen LogP) is -1.91. The zero-order valence-corrected chi connectivity index (χ0v) is 6.17. The Morgan fingerprint density at radius 2 is 2.17 bits per heavy atom. The maximum Gasteiger partial charge on any atom is 0.140 e. The lowest BCUT2D eigenvalue weighted by molar-refractivity contribution is -0.0216. The van der Waals surface area contributed by atoms with Crippen molar-refractivity contribution in [2.45, 2.75) is 24.4 Å². The van der Waals surface area contributed by atoms with Crippen LogP contribution in [0, 0.1) is 0 Å². The monoisotopic (exact) mass is 173 g/mol. The molecule has 0 aliphatic carbocycles. The topological polar surface area (TPSA) is 87.0 Å². The molecule has 12 heavy (non-hydrogen) atoms. The van der Waals surface area contributed by atoms with Gasteiger partial charge in [0, 0.05) is 0 Å². The zero-order chi connectivity index (χ0) is 9.30. The highest BCUT2D eigenvalue weighted by molar-refractivity contribution is 5.58. The molecule has 1 saturated heterocycles. The van der Waals surface area contributed by atoms with Crippen molar-refractivity contribution < 1.29 is 24.9 Å². The first-order valence-electron chi connectivity index (χ1n) is 3.35. The molecule has 0 bridgehead atoms. The van der Waals surface area contributed by atoms with E-state index in [-0.39, 0.29) is 5.76 Å². The smallest absolute Gasteiger partial charge is 0.140 e. The van der Waals surface area contributed by atoms with Crippen molar-refractivity contribution in [3.8, 4) is 0 Å². The number of hydrogen-bond acceptors (Lipinski definition) is 5. The molecule has 5 heteroatoms. The normalized spacial score (nSPS) is 37.6. The fraction of sp³-hybridized carbons (Fsp3) is 0.571. The second kappa shape index (κ2) is 3.22. The van der Waals surface area contributed by atoms with E-state index in [1.54, 1.807) is 0 Å². The minimum atomic E-state index is -1.56. The standard InChI is InChI=1S/C7H9O5/c1-3-5(10)6(11)7(12-3)4(9)2-8/h4-7,9-11H,1H2/q-1. The Morgan fingerprint density at radius 3 is 2.50 bits per heavy atom. The summed E-state index contributed by atoms with van der Waals surface area (Å²) in [7, 11) is 0. The van der Waals surface area contributed by atoms with Gasteiger partial charge in [-0.15, -0.1) is 0 Å². The van der Waals surface area contributed by atoms with Gasteiger partial charge in [0.05, 0.1) is 0 Å². The summed E-state index contributed by atoms with van der Waals surface area (Å²) in [6.07, 6.45) is -4.05. The summed E-state index contributed by atoms with van der Waals surface area (Å²) in [5.74, 6) is -0.0539. The molecule has 4 unspecified atom stereocenters. The molecular formula is C7H9O5-. The Kier molecular flexibility index (Phi) is 2.46. The zero-order valence-electron chi connectivity index (χ0n) is 6.17. The Morgan fingerprint density at radius 1 is 1.58 bits per heavy atom. The second-order valence-corrected chi connectivity index (χ2v) is 2.55. The van der Waals surface area contributed by atoms with Gasteiger partial charge in [-0.2, -0.15) is 0 Å². The van der Waals surface area contributed by atoms with Gasteiger partial charge in [-0.05, 0) is 6.10 Å². The van der Waals surface area contributed by atoms with Crippen LogP contribution >= 0.6 is 0 Å². The molecule has 3 N–H and O–H groups in total. The van der Waals surface area contributed by atoms with Crippen LogP contribution in [0.3, 0.4) is 0 Å². The number of aliphatic hydroxyl groups excluding tert-OH is 3. The highest BCUT2D eigenvalue weighted by atomic mass is 16.5. The molecule has 5 nitrogen and oxygen atoms in total. The van der Waals surface area contributed by atoms with Gasteiger partial charge in [0.25, 0.3) is 0 Å². The van der Waals surface area contributed by atoms with E-state index in [1.165, 1.54) is 6.29 Å². The van der Waals surface area contributed by atoms with E-state index < -0.39 is 24.4 Å². The second-order valence-electron chi connectivity index (χ2n) is 2.55. The molecule has 0 aromatic heterocycles. The third-order valence-corrected chi connectivity index (χ3v) is 1.71. The Bertz CT molecular complexity index is 202. The Balaban J connectivity index is 2.70. The number of carbonyl (C=O) groups excluding carboxylic acids is 1. The van der Waals surface area contributed by atoms with E-state index in [9.17, 15) is 4.79 Å². The van der Waals surface area contributed by atoms with Crippen molar-refractivity contribution in [1.82, 2.24) is 0 Å².